The molecule has 1 fully saturated rings. The predicted octanol–water partition coefficient (Wildman–Crippen LogP) is 4.36. The van der Waals surface area contributed by atoms with Crippen molar-refractivity contribution in [3.8, 4) is 0 Å². The molecule has 1 heterocycles. The van der Waals surface area contributed by atoms with E-state index in [4.69, 9.17) is 9.47 Å². The molecule has 0 N–H and O–H groups in total. The zero-order valence-electron chi connectivity index (χ0n) is 15.3. The van der Waals surface area contributed by atoms with Gasteiger partial charge in [-0.3, -0.25) is 4.79 Å². The molecule has 1 aliphatic heterocycles. The summed E-state index contributed by atoms with van der Waals surface area (Å²) in [7, 11) is 0. The lowest BCUT2D eigenvalue weighted by molar-refractivity contribution is -0.178. The Bertz CT molecular complexity index is 954. The van der Waals surface area contributed by atoms with Crippen LogP contribution in [0.15, 0.2) is 91.0 Å². The van der Waals surface area contributed by atoms with Crippen molar-refractivity contribution in [1.82, 2.24) is 0 Å². The minimum atomic E-state index is -1.49. The Morgan fingerprint density at radius 3 is 2.11 bits per heavy atom. The molecule has 0 spiro atoms. The number of cyclic esters (lactones) is 1. The Labute approximate surface area is 163 Å². The van der Waals surface area contributed by atoms with Crippen LogP contribution in [0, 0.1) is 0 Å². The third-order valence-corrected chi connectivity index (χ3v) is 5.06. The van der Waals surface area contributed by atoms with Crippen LogP contribution < -0.4 is 0 Å². The lowest BCUT2D eigenvalue weighted by atomic mass is 9.77. The molecule has 2 atom stereocenters. The summed E-state index contributed by atoms with van der Waals surface area (Å²) in [5, 5.41) is 0. The Morgan fingerprint density at radius 1 is 0.893 bits per heavy atom. The van der Waals surface area contributed by atoms with Crippen LogP contribution >= 0.6 is 0 Å². The second-order valence-electron chi connectivity index (χ2n) is 6.80. The smallest absolute Gasteiger partial charge is 0.356 e. The van der Waals surface area contributed by atoms with Gasteiger partial charge in [-0.25, -0.2) is 4.79 Å². The van der Waals surface area contributed by atoms with Gasteiger partial charge in [-0.1, -0.05) is 91.0 Å². The number of carbonyl (C=O) groups is 2. The molecule has 0 unspecified atom stereocenters. The molecule has 0 amide bonds. The van der Waals surface area contributed by atoms with E-state index in [1.165, 1.54) is 0 Å². The lowest BCUT2D eigenvalue weighted by Crippen LogP contribution is -2.41. The van der Waals surface area contributed by atoms with Gasteiger partial charge in [0, 0.05) is 11.5 Å². The van der Waals surface area contributed by atoms with Gasteiger partial charge in [0.15, 0.2) is 0 Å². The molecule has 1 aliphatic rings. The fourth-order valence-electron chi connectivity index (χ4n) is 3.72. The van der Waals surface area contributed by atoms with Crippen LogP contribution in [-0.2, 0) is 31.3 Å². The molecule has 140 valence electrons. The lowest BCUT2D eigenvalue weighted by Gasteiger charge is -2.32. The predicted molar refractivity (Wildman–Crippen MR) is 104 cm³/mol. The van der Waals surface area contributed by atoms with Crippen molar-refractivity contribution >= 4 is 11.9 Å². The molecule has 3 aromatic carbocycles. The molecule has 0 radical (unpaired) electrons. The molecule has 28 heavy (non-hydrogen) atoms. The van der Waals surface area contributed by atoms with Crippen molar-refractivity contribution in [3.05, 3.63) is 108 Å². The minimum absolute atomic E-state index is 0.118. The first-order valence-electron chi connectivity index (χ1n) is 9.23. The average Bonchev–Trinajstić information content (AvgIpc) is 3.12. The van der Waals surface area contributed by atoms with Gasteiger partial charge in [-0.2, -0.15) is 0 Å². The molecule has 0 saturated carbocycles. The standard InChI is InChI=1S/C24H20O4/c25-22-16-21(19-12-6-2-7-13-19)24(28-22,20-14-8-3-9-15-20)23(26)27-17-18-10-4-1-5-11-18/h1-15,21H,16-17H2/t21-,24+/m0/s1. The number of carbonyl (C=O) groups excluding carboxylic acids is 2. The fraction of sp³-hybridized carbons (Fsp3) is 0.167. The molecule has 0 aliphatic carbocycles. The Balaban J connectivity index is 1.74. The van der Waals surface area contributed by atoms with E-state index < -0.39 is 23.5 Å². The van der Waals surface area contributed by atoms with Crippen molar-refractivity contribution in [2.45, 2.75) is 24.5 Å². The van der Waals surface area contributed by atoms with E-state index in [-0.39, 0.29) is 13.0 Å². The van der Waals surface area contributed by atoms with Crippen LogP contribution in [0.3, 0.4) is 0 Å². The third-order valence-electron chi connectivity index (χ3n) is 5.06. The Kier molecular flexibility index (Phi) is 4.94. The fourth-order valence-corrected chi connectivity index (χ4v) is 3.72. The SMILES string of the molecule is O=C1C[C@@H](c2ccccc2)[C@@](C(=O)OCc2ccccc2)(c2ccccc2)O1. The summed E-state index contributed by atoms with van der Waals surface area (Å²) in [6, 6.07) is 28.1. The van der Waals surface area contributed by atoms with Crippen molar-refractivity contribution in [1.29, 1.82) is 0 Å². The highest BCUT2D eigenvalue weighted by Crippen LogP contribution is 2.48. The summed E-state index contributed by atoms with van der Waals surface area (Å²) in [6.45, 7) is 0.118. The first-order chi connectivity index (χ1) is 13.7. The van der Waals surface area contributed by atoms with Crippen LogP contribution in [-0.4, -0.2) is 11.9 Å². The first-order valence-corrected chi connectivity index (χ1v) is 9.23. The van der Waals surface area contributed by atoms with Crippen LogP contribution in [0.4, 0.5) is 0 Å². The quantitative estimate of drug-likeness (QED) is 0.625. The largest absolute Gasteiger partial charge is 0.458 e. The normalized spacial score (nSPS) is 21.1. The maximum absolute atomic E-state index is 13.4. The molecule has 4 rings (SSSR count). The van der Waals surface area contributed by atoms with E-state index in [1.54, 1.807) is 12.1 Å². The van der Waals surface area contributed by atoms with E-state index in [0.717, 1.165) is 11.1 Å². The molecule has 1 saturated heterocycles. The summed E-state index contributed by atoms with van der Waals surface area (Å²) < 4.78 is 11.4. The zero-order chi connectivity index (χ0) is 19.4. The summed E-state index contributed by atoms with van der Waals surface area (Å²) in [5.74, 6) is -1.41. The van der Waals surface area contributed by atoms with Gasteiger partial charge >= 0.3 is 11.9 Å². The highest BCUT2D eigenvalue weighted by molar-refractivity contribution is 5.90. The molecule has 3 aromatic rings. The van der Waals surface area contributed by atoms with E-state index in [0.29, 0.717) is 5.56 Å². The van der Waals surface area contributed by atoms with Crippen LogP contribution in [0.5, 0.6) is 0 Å². The molecule has 0 bridgehead atoms. The van der Waals surface area contributed by atoms with E-state index in [2.05, 4.69) is 0 Å². The molecular formula is C24H20O4. The minimum Gasteiger partial charge on any atom is -0.458 e. The Morgan fingerprint density at radius 2 is 1.46 bits per heavy atom. The van der Waals surface area contributed by atoms with Gasteiger partial charge in [0.25, 0.3) is 0 Å². The van der Waals surface area contributed by atoms with Crippen molar-refractivity contribution in [3.63, 3.8) is 0 Å². The number of ether oxygens (including phenoxy) is 2. The molecule has 0 aromatic heterocycles. The van der Waals surface area contributed by atoms with E-state index in [1.807, 2.05) is 78.9 Å². The number of rotatable bonds is 5. The molecular weight excluding hydrogens is 352 g/mol. The zero-order valence-corrected chi connectivity index (χ0v) is 15.3. The Hall–Kier alpha value is -3.40. The highest BCUT2D eigenvalue weighted by atomic mass is 16.6. The first kappa shape index (κ1) is 18.0. The van der Waals surface area contributed by atoms with E-state index in [9.17, 15) is 9.59 Å². The maximum Gasteiger partial charge on any atom is 0.356 e. The second kappa shape index (κ2) is 7.69. The monoisotopic (exact) mass is 372 g/mol. The number of hydrogen-bond donors (Lipinski definition) is 0. The van der Waals surface area contributed by atoms with Gasteiger partial charge in [0.05, 0.1) is 6.42 Å². The van der Waals surface area contributed by atoms with E-state index >= 15 is 0 Å². The van der Waals surface area contributed by atoms with Gasteiger partial charge in [0.1, 0.15) is 6.61 Å². The summed E-state index contributed by atoms with van der Waals surface area (Å²) in [5.41, 5.74) is 0.871. The molecule has 4 nitrogen and oxygen atoms in total. The number of esters is 2. The van der Waals surface area contributed by atoms with Crippen molar-refractivity contribution < 1.29 is 19.1 Å². The number of hydrogen-bond acceptors (Lipinski definition) is 4. The molecule has 4 heteroatoms. The van der Waals surface area contributed by atoms with Gasteiger partial charge in [-0.05, 0) is 11.1 Å². The maximum atomic E-state index is 13.4. The van der Waals surface area contributed by atoms with Crippen LogP contribution in [0.2, 0.25) is 0 Å². The van der Waals surface area contributed by atoms with Gasteiger partial charge < -0.3 is 9.47 Å². The topological polar surface area (TPSA) is 52.6 Å². The third kappa shape index (κ3) is 3.29. The summed E-state index contributed by atoms with van der Waals surface area (Å²) >= 11 is 0. The van der Waals surface area contributed by atoms with Crippen molar-refractivity contribution in [2.75, 3.05) is 0 Å². The summed E-state index contributed by atoms with van der Waals surface area (Å²) in [4.78, 5) is 25.7. The van der Waals surface area contributed by atoms with Crippen LogP contribution in [0.25, 0.3) is 0 Å². The summed E-state index contributed by atoms with van der Waals surface area (Å²) in [6.07, 6.45) is 0.124. The van der Waals surface area contributed by atoms with Crippen LogP contribution in [0.1, 0.15) is 29.0 Å². The van der Waals surface area contributed by atoms with Crippen molar-refractivity contribution in [2.24, 2.45) is 0 Å². The average molecular weight is 372 g/mol. The van der Waals surface area contributed by atoms with Gasteiger partial charge in [-0.15, -0.1) is 0 Å². The highest BCUT2D eigenvalue weighted by Gasteiger charge is 2.58. The number of benzene rings is 3. The second-order valence-corrected chi connectivity index (χ2v) is 6.80. The van der Waals surface area contributed by atoms with Gasteiger partial charge in [0.2, 0.25) is 5.60 Å².